The van der Waals surface area contributed by atoms with E-state index in [4.69, 9.17) is 12.2 Å². The van der Waals surface area contributed by atoms with Gasteiger partial charge in [0.1, 0.15) is 5.82 Å². The van der Waals surface area contributed by atoms with Crippen LogP contribution >= 0.6 is 12.2 Å². The smallest absolute Gasteiger partial charge is 0.262 e. The van der Waals surface area contributed by atoms with Crippen molar-refractivity contribution in [2.45, 2.75) is 32.2 Å². The Morgan fingerprint density at radius 2 is 2.13 bits per heavy atom. The van der Waals surface area contributed by atoms with Crippen LogP contribution in [0, 0.1) is 4.77 Å². The minimum atomic E-state index is -0.142. The molecular weight excluding hydrogens is 412 g/mol. The highest BCUT2D eigenvalue weighted by Gasteiger charge is 2.28. The highest BCUT2D eigenvalue weighted by atomic mass is 32.1. The van der Waals surface area contributed by atoms with Gasteiger partial charge in [0.2, 0.25) is 0 Å². The molecule has 1 fully saturated rings. The van der Waals surface area contributed by atoms with Gasteiger partial charge in [-0.2, -0.15) is 0 Å². The minimum Gasteiger partial charge on any atom is -0.338 e. The van der Waals surface area contributed by atoms with Crippen LogP contribution < -0.4 is 5.56 Å². The molecule has 8 nitrogen and oxygen atoms in total. The fourth-order valence-electron chi connectivity index (χ4n) is 4.37. The molecule has 0 bridgehead atoms. The van der Waals surface area contributed by atoms with Crippen molar-refractivity contribution in [1.29, 1.82) is 0 Å². The zero-order chi connectivity index (χ0) is 21.5. The first-order chi connectivity index (χ1) is 15.1. The molecule has 3 aromatic heterocycles. The van der Waals surface area contributed by atoms with E-state index in [1.54, 1.807) is 18.2 Å². The van der Waals surface area contributed by atoms with Gasteiger partial charge in [0.15, 0.2) is 10.4 Å². The molecular formula is C22H22N6O2S. The van der Waals surface area contributed by atoms with Crippen LogP contribution in [0.2, 0.25) is 0 Å². The Kier molecular flexibility index (Phi) is 4.90. The minimum absolute atomic E-state index is 0.0561. The highest BCUT2D eigenvalue weighted by molar-refractivity contribution is 7.71. The maximum absolute atomic E-state index is 13.3. The Hall–Kier alpha value is -3.33. The van der Waals surface area contributed by atoms with Gasteiger partial charge in [-0.05, 0) is 62.3 Å². The second kappa shape index (κ2) is 7.73. The number of carbonyl (C=O) groups excluding carboxylic acids is 1. The number of nitrogens with zero attached hydrogens (tertiary/aromatic N) is 5. The quantitative estimate of drug-likeness (QED) is 0.501. The van der Waals surface area contributed by atoms with E-state index in [9.17, 15) is 9.59 Å². The third-order valence-electron chi connectivity index (χ3n) is 5.96. The number of H-pyrrole nitrogens is 1. The van der Waals surface area contributed by atoms with Crippen LogP contribution in [0.5, 0.6) is 0 Å². The molecule has 4 aromatic rings. The van der Waals surface area contributed by atoms with Crippen molar-refractivity contribution in [3.63, 3.8) is 0 Å². The first kappa shape index (κ1) is 19.6. The molecule has 1 saturated heterocycles. The lowest BCUT2D eigenvalue weighted by atomic mass is 9.96. The third kappa shape index (κ3) is 3.34. The molecule has 9 heteroatoms. The van der Waals surface area contributed by atoms with Gasteiger partial charge < -0.3 is 9.88 Å². The number of amides is 1. The van der Waals surface area contributed by atoms with Crippen molar-refractivity contribution in [3.8, 4) is 0 Å². The zero-order valence-corrected chi connectivity index (χ0v) is 17.9. The largest absolute Gasteiger partial charge is 0.338 e. The van der Waals surface area contributed by atoms with Gasteiger partial charge in [0.05, 0.1) is 10.9 Å². The molecule has 0 radical (unpaired) electrons. The second-order valence-corrected chi connectivity index (χ2v) is 8.20. The first-order valence-electron chi connectivity index (χ1n) is 10.4. The molecule has 0 spiro atoms. The number of rotatable bonds is 3. The fraction of sp³-hybridized carbons (Fsp3) is 0.318. The first-order valence-corrected chi connectivity index (χ1v) is 10.8. The molecule has 0 saturated carbocycles. The average molecular weight is 435 g/mol. The number of aromatic amines is 1. The zero-order valence-electron chi connectivity index (χ0n) is 17.1. The number of piperidine rings is 1. The summed E-state index contributed by atoms with van der Waals surface area (Å²) in [6.45, 7) is 3.65. The Morgan fingerprint density at radius 1 is 1.26 bits per heavy atom. The summed E-state index contributed by atoms with van der Waals surface area (Å²) in [5.41, 5.74) is 1.79. The van der Waals surface area contributed by atoms with Crippen LogP contribution in [-0.2, 0) is 6.54 Å². The summed E-state index contributed by atoms with van der Waals surface area (Å²) in [5.74, 6) is 0.952. The van der Waals surface area contributed by atoms with Crippen LogP contribution in [0.15, 0.2) is 47.4 Å². The SMILES string of the molecule is CCn1c(=S)[nH]c2cc(C(=O)N3CCCC(c4nnc5ccccn45)C3)ccc2c1=O. The van der Waals surface area contributed by atoms with Crippen molar-refractivity contribution in [3.05, 3.63) is 69.1 Å². The molecule has 1 atom stereocenters. The van der Waals surface area contributed by atoms with Gasteiger partial charge >= 0.3 is 0 Å². The lowest BCUT2D eigenvalue weighted by molar-refractivity contribution is 0.0704. The van der Waals surface area contributed by atoms with E-state index >= 15 is 0 Å². The Morgan fingerprint density at radius 3 is 2.97 bits per heavy atom. The van der Waals surface area contributed by atoms with Gasteiger partial charge in [0.25, 0.3) is 11.5 Å². The fourth-order valence-corrected chi connectivity index (χ4v) is 4.69. The standard InChI is InChI=1S/C22H22N6O2S/c1-2-27-21(30)16-9-8-14(12-17(16)23-22(27)31)20(29)26-10-5-6-15(13-26)19-25-24-18-7-3-4-11-28(18)19/h3-4,7-9,11-12,15H,2,5-6,10,13H2,1H3,(H,23,31). The van der Waals surface area contributed by atoms with Crippen LogP contribution in [0.4, 0.5) is 0 Å². The summed E-state index contributed by atoms with van der Waals surface area (Å²) in [6, 6.07) is 11.0. The topological polar surface area (TPSA) is 88.3 Å². The Bertz CT molecular complexity index is 1420. The molecule has 158 valence electrons. The van der Waals surface area contributed by atoms with E-state index in [-0.39, 0.29) is 17.4 Å². The number of hydrogen-bond donors (Lipinski definition) is 1. The molecule has 1 unspecified atom stereocenters. The van der Waals surface area contributed by atoms with E-state index in [1.165, 1.54) is 4.57 Å². The lowest BCUT2D eigenvalue weighted by Gasteiger charge is -2.32. The van der Waals surface area contributed by atoms with Gasteiger partial charge in [-0.15, -0.1) is 10.2 Å². The van der Waals surface area contributed by atoms with Gasteiger partial charge in [0, 0.05) is 37.3 Å². The molecule has 1 aromatic carbocycles. The third-order valence-corrected chi connectivity index (χ3v) is 6.28. The van der Waals surface area contributed by atoms with E-state index < -0.39 is 0 Å². The van der Waals surface area contributed by atoms with E-state index in [0.717, 1.165) is 24.3 Å². The van der Waals surface area contributed by atoms with E-state index in [1.807, 2.05) is 40.6 Å². The maximum atomic E-state index is 13.3. The summed E-state index contributed by atoms with van der Waals surface area (Å²) in [4.78, 5) is 30.8. The van der Waals surface area contributed by atoms with Crippen molar-refractivity contribution >= 4 is 34.7 Å². The van der Waals surface area contributed by atoms with Gasteiger partial charge in [-0.1, -0.05) is 6.07 Å². The number of carbonyl (C=O) groups is 1. The number of pyridine rings is 1. The normalized spacial score (nSPS) is 16.8. The molecule has 1 N–H and O–H groups in total. The molecule has 0 aliphatic carbocycles. The number of likely N-dealkylation sites (tertiary alicyclic amines) is 1. The number of benzene rings is 1. The van der Waals surface area contributed by atoms with E-state index in [0.29, 0.717) is 40.9 Å². The number of aromatic nitrogens is 5. The van der Waals surface area contributed by atoms with E-state index in [2.05, 4.69) is 15.2 Å². The summed E-state index contributed by atoms with van der Waals surface area (Å²) in [6.07, 6.45) is 3.82. The maximum Gasteiger partial charge on any atom is 0.262 e. The van der Waals surface area contributed by atoms with Crippen LogP contribution in [0.25, 0.3) is 16.6 Å². The molecule has 1 aliphatic heterocycles. The lowest BCUT2D eigenvalue weighted by Crippen LogP contribution is -2.39. The number of fused-ring (bicyclic) bond motifs is 2. The summed E-state index contributed by atoms with van der Waals surface area (Å²) in [7, 11) is 0. The number of nitrogens with one attached hydrogen (secondary N) is 1. The predicted molar refractivity (Wildman–Crippen MR) is 120 cm³/mol. The van der Waals surface area contributed by atoms with Crippen LogP contribution in [-0.4, -0.2) is 48.0 Å². The molecule has 1 aliphatic rings. The van der Waals surface area contributed by atoms with Gasteiger partial charge in [-0.3, -0.25) is 18.6 Å². The predicted octanol–water partition coefficient (Wildman–Crippen LogP) is 3.14. The van der Waals surface area contributed by atoms with Crippen molar-refractivity contribution < 1.29 is 4.79 Å². The summed E-state index contributed by atoms with van der Waals surface area (Å²) < 4.78 is 3.87. The van der Waals surface area contributed by atoms with Crippen LogP contribution in [0.1, 0.15) is 41.9 Å². The molecule has 1 amide bonds. The highest BCUT2D eigenvalue weighted by Crippen LogP contribution is 2.27. The monoisotopic (exact) mass is 434 g/mol. The van der Waals surface area contributed by atoms with Crippen LogP contribution in [0.3, 0.4) is 0 Å². The van der Waals surface area contributed by atoms with Crippen molar-refractivity contribution in [2.24, 2.45) is 0 Å². The average Bonchev–Trinajstić information content (AvgIpc) is 3.23. The molecule has 31 heavy (non-hydrogen) atoms. The van der Waals surface area contributed by atoms with Crippen molar-refractivity contribution in [2.75, 3.05) is 13.1 Å². The molecule has 5 rings (SSSR count). The van der Waals surface area contributed by atoms with Crippen molar-refractivity contribution in [1.82, 2.24) is 29.0 Å². The second-order valence-electron chi connectivity index (χ2n) is 7.82. The molecule has 4 heterocycles. The summed E-state index contributed by atoms with van der Waals surface area (Å²) in [5, 5.41) is 9.16. The Labute approximate surface area is 183 Å². The number of hydrogen-bond acceptors (Lipinski definition) is 5. The Balaban J connectivity index is 1.45. The van der Waals surface area contributed by atoms with Gasteiger partial charge in [-0.25, -0.2) is 0 Å². The summed E-state index contributed by atoms with van der Waals surface area (Å²) >= 11 is 5.30.